The molecule has 0 aromatic heterocycles. The van der Waals surface area contributed by atoms with Crippen LogP contribution in [0, 0.1) is 0 Å². The summed E-state index contributed by atoms with van der Waals surface area (Å²) in [6, 6.07) is 0. The smallest absolute Gasteiger partial charge is 0.0188 e. The van der Waals surface area contributed by atoms with Crippen LogP contribution in [0.25, 0.3) is 0 Å². The van der Waals surface area contributed by atoms with Crippen molar-refractivity contribution >= 4 is 0 Å². The van der Waals surface area contributed by atoms with Gasteiger partial charge in [-0.25, -0.2) is 0 Å². The Balaban J connectivity index is 1.88. The van der Waals surface area contributed by atoms with E-state index in [1.54, 1.807) is 5.57 Å². The predicted molar refractivity (Wildman–Crippen MR) is 57.7 cm³/mol. The normalized spacial score (nSPS) is 25.7. The van der Waals surface area contributed by atoms with Gasteiger partial charge in [-0.2, -0.15) is 0 Å². The summed E-state index contributed by atoms with van der Waals surface area (Å²) in [5.41, 5.74) is 6.06. The monoisotopic (exact) mass is 188 g/mol. The van der Waals surface area contributed by atoms with Crippen LogP contribution < -0.4 is 10.6 Å². The fraction of sp³-hybridized carbons (Fsp3) is 0.500. The van der Waals surface area contributed by atoms with Crippen molar-refractivity contribution in [1.82, 2.24) is 10.6 Å². The first kappa shape index (κ1) is 8.30. The van der Waals surface area contributed by atoms with Crippen LogP contribution >= 0.6 is 0 Å². The van der Waals surface area contributed by atoms with Crippen LogP contribution in [0.3, 0.4) is 0 Å². The molecule has 0 radical (unpaired) electrons. The maximum Gasteiger partial charge on any atom is 0.0188 e. The van der Waals surface area contributed by atoms with Gasteiger partial charge in [0.05, 0.1) is 0 Å². The fourth-order valence-electron chi connectivity index (χ4n) is 2.49. The summed E-state index contributed by atoms with van der Waals surface area (Å²) in [5.74, 6) is 0. The lowest BCUT2D eigenvalue weighted by molar-refractivity contribution is 0.609. The van der Waals surface area contributed by atoms with Gasteiger partial charge in [-0.3, -0.25) is 0 Å². The molecular formula is C12H16N2. The molecule has 0 spiro atoms. The second kappa shape index (κ2) is 3.28. The Hall–Kier alpha value is -1.02. The molecule has 2 aliphatic heterocycles. The van der Waals surface area contributed by atoms with E-state index < -0.39 is 0 Å². The lowest BCUT2D eigenvalue weighted by Crippen LogP contribution is -2.33. The minimum atomic E-state index is 1.08. The first-order valence-electron chi connectivity index (χ1n) is 5.51. The average molecular weight is 188 g/mol. The zero-order chi connectivity index (χ0) is 9.38. The van der Waals surface area contributed by atoms with Crippen LogP contribution in [0.2, 0.25) is 0 Å². The molecule has 0 amide bonds. The largest absolute Gasteiger partial charge is 0.362 e. The number of rotatable bonds is 0. The Labute approximate surface area is 84.8 Å². The maximum absolute atomic E-state index is 3.63. The molecular weight excluding hydrogens is 172 g/mol. The van der Waals surface area contributed by atoms with Gasteiger partial charge in [0.2, 0.25) is 0 Å². The van der Waals surface area contributed by atoms with Gasteiger partial charge < -0.3 is 10.6 Å². The number of hydrogen-bond donors (Lipinski definition) is 2. The molecule has 3 aliphatic rings. The van der Waals surface area contributed by atoms with Crippen molar-refractivity contribution in [3.8, 4) is 0 Å². The standard InChI is InChI=1S/C12H16N2/c1-2-4-11-9(3-1)7-10-8-13-6-5-12(10)14-11/h1,3,13-14H,2,4-8H2. The van der Waals surface area contributed by atoms with Crippen LogP contribution in [0.15, 0.2) is 34.7 Å². The molecule has 0 fully saturated rings. The number of allylic oxidation sites excluding steroid dienone is 4. The van der Waals surface area contributed by atoms with Crippen molar-refractivity contribution in [2.45, 2.75) is 25.7 Å². The van der Waals surface area contributed by atoms with Crippen molar-refractivity contribution in [2.75, 3.05) is 13.1 Å². The Morgan fingerprint density at radius 2 is 2.14 bits per heavy atom. The zero-order valence-corrected chi connectivity index (χ0v) is 8.40. The molecule has 0 aromatic rings. The van der Waals surface area contributed by atoms with Crippen molar-refractivity contribution in [3.05, 3.63) is 34.7 Å². The van der Waals surface area contributed by atoms with E-state index in [9.17, 15) is 0 Å². The van der Waals surface area contributed by atoms with Gasteiger partial charge in [-0.1, -0.05) is 12.2 Å². The van der Waals surface area contributed by atoms with Gasteiger partial charge >= 0.3 is 0 Å². The molecule has 2 nitrogen and oxygen atoms in total. The van der Waals surface area contributed by atoms with Crippen LogP contribution in [0.1, 0.15) is 25.7 Å². The van der Waals surface area contributed by atoms with Crippen molar-refractivity contribution in [2.24, 2.45) is 0 Å². The minimum Gasteiger partial charge on any atom is -0.362 e. The van der Waals surface area contributed by atoms with Crippen molar-refractivity contribution < 1.29 is 0 Å². The SMILES string of the molecule is C1=CC2=C(CC1)NC1=C(CNCC1)C2. The van der Waals surface area contributed by atoms with Crippen LogP contribution in [0.4, 0.5) is 0 Å². The Kier molecular flexibility index (Phi) is 1.95. The maximum atomic E-state index is 3.63. The lowest BCUT2D eigenvalue weighted by Gasteiger charge is -2.31. The van der Waals surface area contributed by atoms with E-state index in [0.717, 1.165) is 13.1 Å². The van der Waals surface area contributed by atoms with E-state index >= 15 is 0 Å². The van der Waals surface area contributed by atoms with Crippen molar-refractivity contribution in [3.63, 3.8) is 0 Å². The Morgan fingerprint density at radius 3 is 3.14 bits per heavy atom. The van der Waals surface area contributed by atoms with E-state index in [1.807, 2.05) is 0 Å². The molecule has 0 atom stereocenters. The fourth-order valence-corrected chi connectivity index (χ4v) is 2.49. The van der Waals surface area contributed by atoms with Crippen molar-refractivity contribution in [1.29, 1.82) is 0 Å². The first-order chi connectivity index (χ1) is 6.93. The molecule has 0 bridgehead atoms. The predicted octanol–water partition coefficient (Wildman–Crippen LogP) is 1.83. The molecule has 2 N–H and O–H groups in total. The summed E-state index contributed by atoms with van der Waals surface area (Å²) in [6.45, 7) is 2.21. The van der Waals surface area contributed by atoms with E-state index in [-0.39, 0.29) is 0 Å². The summed E-state index contributed by atoms with van der Waals surface area (Å²) in [6.07, 6.45) is 9.34. The molecule has 0 unspecified atom stereocenters. The highest BCUT2D eigenvalue weighted by molar-refractivity contribution is 5.41. The van der Waals surface area contributed by atoms with E-state index in [1.165, 1.54) is 42.7 Å². The Morgan fingerprint density at radius 1 is 1.14 bits per heavy atom. The minimum absolute atomic E-state index is 1.08. The number of dihydropyridines is 1. The summed E-state index contributed by atoms with van der Waals surface area (Å²) in [4.78, 5) is 0. The highest BCUT2D eigenvalue weighted by Crippen LogP contribution is 2.30. The third-order valence-electron chi connectivity index (χ3n) is 3.29. The molecule has 1 aliphatic carbocycles. The molecule has 2 heterocycles. The van der Waals surface area contributed by atoms with Gasteiger partial charge in [-0.15, -0.1) is 0 Å². The van der Waals surface area contributed by atoms with E-state index in [0.29, 0.717) is 0 Å². The van der Waals surface area contributed by atoms with Gasteiger partial charge in [-0.05, 0) is 36.8 Å². The molecule has 74 valence electrons. The molecule has 14 heavy (non-hydrogen) atoms. The molecule has 0 saturated heterocycles. The quantitative estimate of drug-likeness (QED) is 0.606. The Bertz CT molecular complexity index is 347. The van der Waals surface area contributed by atoms with Crippen LogP contribution in [-0.2, 0) is 0 Å². The van der Waals surface area contributed by atoms with E-state index in [4.69, 9.17) is 0 Å². The highest BCUT2D eigenvalue weighted by Gasteiger charge is 2.21. The van der Waals surface area contributed by atoms with Gasteiger partial charge in [0.25, 0.3) is 0 Å². The lowest BCUT2D eigenvalue weighted by atomic mass is 9.90. The second-order valence-electron chi connectivity index (χ2n) is 4.26. The third-order valence-corrected chi connectivity index (χ3v) is 3.29. The molecule has 0 saturated carbocycles. The van der Waals surface area contributed by atoms with Gasteiger partial charge in [0.15, 0.2) is 0 Å². The van der Waals surface area contributed by atoms with Gasteiger partial charge in [0.1, 0.15) is 0 Å². The topological polar surface area (TPSA) is 24.1 Å². The van der Waals surface area contributed by atoms with Crippen LogP contribution in [-0.4, -0.2) is 13.1 Å². The highest BCUT2D eigenvalue weighted by atomic mass is 15.0. The zero-order valence-electron chi connectivity index (χ0n) is 8.40. The van der Waals surface area contributed by atoms with Crippen LogP contribution in [0.5, 0.6) is 0 Å². The second-order valence-corrected chi connectivity index (χ2v) is 4.26. The number of hydrogen-bond acceptors (Lipinski definition) is 2. The molecule has 0 aromatic carbocycles. The summed E-state index contributed by atoms with van der Waals surface area (Å²) < 4.78 is 0. The third kappa shape index (κ3) is 1.30. The van der Waals surface area contributed by atoms with E-state index in [2.05, 4.69) is 22.8 Å². The molecule has 3 rings (SSSR count). The summed E-state index contributed by atoms with van der Waals surface area (Å²) in [5, 5.41) is 7.06. The first-order valence-corrected chi connectivity index (χ1v) is 5.51. The van der Waals surface area contributed by atoms with Gasteiger partial charge in [0, 0.05) is 24.5 Å². The molecule has 2 heteroatoms. The summed E-state index contributed by atoms with van der Waals surface area (Å²) >= 11 is 0. The summed E-state index contributed by atoms with van der Waals surface area (Å²) in [7, 11) is 0. The number of nitrogens with one attached hydrogen (secondary N) is 2. The average Bonchev–Trinajstić information content (AvgIpc) is 2.26.